The molecule has 0 heterocycles. The number of hydrogen-bond acceptors (Lipinski definition) is 3. The van der Waals surface area contributed by atoms with Crippen molar-refractivity contribution in [1.29, 1.82) is 0 Å². The Morgan fingerprint density at radius 1 is 1.20 bits per heavy atom. The first-order chi connectivity index (χ1) is 4.81. The molecule has 0 rings (SSSR count). The maximum Gasteiger partial charge on any atom is 0.0376 e. The number of rotatable bonds is 4. The van der Waals surface area contributed by atoms with Crippen molar-refractivity contribution in [2.75, 3.05) is 13.1 Å². The standard InChI is InChI=1S/C3H6N6S/c4-8-6-1-3(10)2-7-9-5/h3,10H,1-2H2. The van der Waals surface area contributed by atoms with Gasteiger partial charge in [-0.25, -0.2) is 0 Å². The van der Waals surface area contributed by atoms with Gasteiger partial charge in [0.15, 0.2) is 0 Å². The third kappa shape index (κ3) is 5.11. The van der Waals surface area contributed by atoms with Crippen LogP contribution in [0.3, 0.4) is 0 Å². The van der Waals surface area contributed by atoms with Gasteiger partial charge in [0.1, 0.15) is 0 Å². The summed E-state index contributed by atoms with van der Waals surface area (Å²) < 4.78 is 0. The van der Waals surface area contributed by atoms with Crippen LogP contribution in [-0.4, -0.2) is 18.3 Å². The summed E-state index contributed by atoms with van der Waals surface area (Å²) in [4.78, 5) is 5.05. The van der Waals surface area contributed by atoms with Crippen LogP contribution >= 0.6 is 12.6 Å². The second kappa shape index (κ2) is 6.10. The van der Waals surface area contributed by atoms with Crippen molar-refractivity contribution in [3.8, 4) is 0 Å². The van der Waals surface area contributed by atoms with Crippen LogP contribution in [-0.2, 0) is 0 Å². The molecule has 0 spiro atoms. The predicted molar refractivity (Wildman–Crippen MR) is 40.8 cm³/mol. The Balaban J connectivity index is 3.52. The predicted octanol–water partition coefficient (Wildman–Crippen LogP) is 1.91. The molecule has 0 saturated heterocycles. The third-order valence-corrected chi connectivity index (χ3v) is 1.04. The lowest BCUT2D eigenvalue weighted by Gasteiger charge is -1.98. The molecule has 0 aliphatic heterocycles. The molecule has 0 atom stereocenters. The minimum atomic E-state index is -0.174. The molecule has 7 heteroatoms. The van der Waals surface area contributed by atoms with Gasteiger partial charge >= 0.3 is 0 Å². The van der Waals surface area contributed by atoms with E-state index in [4.69, 9.17) is 11.1 Å². The number of azide groups is 2. The molecule has 0 aromatic carbocycles. The van der Waals surface area contributed by atoms with Gasteiger partial charge in [0.2, 0.25) is 0 Å². The normalized spacial score (nSPS) is 10.9. The fraction of sp³-hybridized carbons (Fsp3) is 1.00. The highest BCUT2D eigenvalue weighted by molar-refractivity contribution is 7.81. The first kappa shape index (κ1) is 8.97. The number of hydrogen-bond donors (Lipinski definition) is 1. The zero-order valence-corrected chi connectivity index (χ0v) is 6.02. The van der Waals surface area contributed by atoms with Crippen molar-refractivity contribution in [2.24, 2.45) is 10.2 Å². The van der Waals surface area contributed by atoms with Crippen molar-refractivity contribution < 1.29 is 0 Å². The van der Waals surface area contributed by atoms with Crippen molar-refractivity contribution in [2.45, 2.75) is 5.25 Å². The van der Waals surface area contributed by atoms with E-state index in [1.807, 2.05) is 0 Å². The molecule has 0 bridgehead atoms. The Bertz CT molecular complexity index is 157. The molecule has 54 valence electrons. The monoisotopic (exact) mass is 158 g/mol. The van der Waals surface area contributed by atoms with E-state index in [2.05, 4.69) is 32.7 Å². The Labute approximate surface area is 62.9 Å². The van der Waals surface area contributed by atoms with Gasteiger partial charge < -0.3 is 0 Å². The lowest BCUT2D eigenvalue weighted by Crippen LogP contribution is -2.05. The van der Waals surface area contributed by atoms with Crippen LogP contribution in [0.25, 0.3) is 20.9 Å². The van der Waals surface area contributed by atoms with Gasteiger partial charge in [-0.2, -0.15) is 12.6 Å². The van der Waals surface area contributed by atoms with Crippen molar-refractivity contribution in [3.63, 3.8) is 0 Å². The van der Waals surface area contributed by atoms with Crippen molar-refractivity contribution in [3.05, 3.63) is 20.9 Å². The van der Waals surface area contributed by atoms with Gasteiger partial charge in [0, 0.05) is 28.2 Å². The summed E-state index contributed by atoms with van der Waals surface area (Å²) in [6.45, 7) is 0.497. The average molecular weight is 158 g/mol. The summed E-state index contributed by atoms with van der Waals surface area (Å²) in [7, 11) is 0. The fourth-order valence-corrected chi connectivity index (χ4v) is 0.465. The summed E-state index contributed by atoms with van der Waals surface area (Å²) in [6, 6.07) is 0. The zero-order chi connectivity index (χ0) is 7.82. The molecule has 0 aliphatic rings. The first-order valence-electron chi connectivity index (χ1n) is 2.51. The van der Waals surface area contributed by atoms with E-state index in [9.17, 15) is 0 Å². The summed E-state index contributed by atoms with van der Waals surface area (Å²) in [5.41, 5.74) is 15.7. The molecule has 0 radical (unpaired) electrons. The Morgan fingerprint density at radius 3 is 1.90 bits per heavy atom. The topological polar surface area (TPSA) is 97.5 Å². The van der Waals surface area contributed by atoms with Crippen LogP contribution in [0.15, 0.2) is 10.2 Å². The molecule has 0 aromatic rings. The summed E-state index contributed by atoms with van der Waals surface area (Å²) in [6.07, 6.45) is 0. The van der Waals surface area contributed by atoms with Gasteiger partial charge in [-0.15, -0.1) is 0 Å². The summed E-state index contributed by atoms with van der Waals surface area (Å²) >= 11 is 3.97. The van der Waals surface area contributed by atoms with Crippen LogP contribution in [0, 0.1) is 0 Å². The van der Waals surface area contributed by atoms with E-state index < -0.39 is 0 Å². The highest BCUT2D eigenvalue weighted by atomic mass is 32.1. The third-order valence-electron chi connectivity index (χ3n) is 0.711. The largest absolute Gasteiger partial charge is 0.176 e. The lowest BCUT2D eigenvalue weighted by atomic mass is 10.4. The van der Waals surface area contributed by atoms with E-state index in [-0.39, 0.29) is 18.3 Å². The zero-order valence-electron chi connectivity index (χ0n) is 5.12. The molecule has 6 nitrogen and oxygen atoms in total. The Kier molecular flexibility index (Phi) is 5.47. The van der Waals surface area contributed by atoms with E-state index in [1.54, 1.807) is 0 Å². The molecule has 0 aliphatic carbocycles. The number of nitrogens with zero attached hydrogens (tertiary/aromatic N) is 6. The molecule has 0 fully saturated rings. The average Bonchev–Trinajstić information content (AvgIpc) is 1.97. The summed E-state index contributed by atoms with van der Waals surface area (Å²) in [5, 5.41) is 6.32. The Hall–Kier alpha value is -1.03. The fourth-order valence-electron chi connectivity index (χ4n) is 0.319. The van der Waals surface area contributed by atoms with Crippen LogP contribution in [0.2, 0.25) is 0 Å². The molecule has 10 heavy (non-hydrogen) atoms. The van der Waals surface area contributed by atoms with Crippen molar-refractivity contribution >= 4 is 12.6 Å². The highest BCUT2D eigenvalue weighted by Gasteiger charge is 1.96. The van der Waals surface area contributed by atoms with Crippen LogP contribution in [0.1, 0.15) is 0 Å². The highest BCUT2D eigenvalue weighted by Crippen LogP contribution is 1.96. The van der Waals surface area contributed by atoms with Crippen LogP contribution in [0.4, 0.5) is 0 Å². The second-order valence-corrected chi connectivity index (χ2v) is 2.21. The Morgan fingerprint density at radius 2 is 1.60 bits per heavy atom. The van der Waals surface area contributed by atoms with Gasteiger partial charge in [0.25, 0.3) is 0 Å². The quantitative estimate of drug-likeness (QED) is 0.280. The van der Waals surface area contributed by atoms with E-state index in [0.717, 1.165) is 0 Å². The van der Waals surface area contributed by atoms with Gasteiger partial charge in [-0.3, -0.25) is 0 Å². The molecule has 0 N–H and O–H groups in total. The van der Waals surface area contributed by atoms with Crippen LogP contribution < -0.4 is 0 Å². The first-order valence-corrected chi connectivity index (χ1v) is 3.02. The van der Waals surface area contributed by atoms with E-state index in [1.165, 1.54) is 0 Å². The van der Waals surface area contributed by atoms with E-state index >= 15 is 0 Å². The maximum atomic E-state index is 7.86. The SMILES string of the molecule is [N-]=[N+]=NCC(S)CN=[N+]=[N-]. The minimum absolute atomic E-state index is 0.174. The van der Waals surface area contributed by atoms with Crippen LogP contribution in [0.5, 0.6) is 0 Å². The molecule has 0 unspecified atom stereocenters. The molecule has 0 aromatic heterocycles. The van der Waals surface area contributed by atoms with Gasteiger partial charge in [-0.1, -0.05) is 10.2 Å². The smallest absolute Gasteiger partial charge is 0.0376 e. The molecular weight excluding hydrogens is 152 g/mol. The second-order valence-electron chi connectivity index (χ2n) is 1.48. The number of thiol groups is 1. The maximum absolute atomic E-state index is 7.86. The molecule has 0 amide bonds. The molecular formula is C3H6N6S. The van der Waals surface area contributed by atoms with Gasteiger partial charge in [-0.05, 0) is 11.1 Å². The van der Waals surface area contributed by atoms with Gasteiger partial charge in [0.05, 0.1) is 0 Å². The van der Waals surface area contributed by atoms with E-state index in [0.29, 0.717) is 0 Å². The minimum Gasteiger partial charge on any atom is -0.176 e. The van der Waals surface area contributed by atoms with Crippen molar-refractivity contribution in [1.82, 2.24) is 0 Å². The molecule has 0 saturated carbocycles. The summed E-state index contributed by atoms with van der Waals surface area (Å²) in [5.74, 6) is 0. The lowest BCUT2D eigenvalue weighted by molar-refractivity contribution is 0.857.